The van der Waals surface area contributed by atoms with Gasteiger partial charge >= 0.3 is 0 Å². The van der Waals surface area contributed by atoms with Crippen LogP contribution in [0.25, 0.3) is 10.9 Å². The summed E-state index contributed by atoms with van der Waals surface area (Å²) in [4.78, 5) is 4.58. The molecule has 0 bridgehead atoms. The molecule has 0 radical (unpaired) electrons. The smallest absolute Gasteiger partial charge is 0.0702 e. The van der Waals surface area contributed by atoms with E-state index < -0.39 is 0 Å². The Labute approximate surface area is 133 Å². The third-order valence-corrected chi connectivity index (χ3v) is 4.03. The highest BCUT2D eigenvalue weighted by Crippen LogP contribution is 2.26. The SMILES string of the molecule is CCNC(c1cccc(Br)c1)c1cnc2ccccc2c1. The number of para-hydroxylation sites is 1. The highest BCUT2D eigenvalue weighted by atomic mass is 79.9. The molecule has 1 heterocycles. The van der Waals surface area contributed by atoms with E-state index in [0.29, 0.717) is 0 Å². The lowest BCUT2D eigenvalue weighted by molar-refractivity contribution is 0.629. The Bertz CT molecular complexity index is 755. The Morgan fingerprint density at radius 2 is 1.90 bits per heavy atom. The summed E-state index contributed by atoms with van der Waals surface area (Å²) in [5.41, 5.74) is 3.46. The number of pyridine rings is 1. The number of fused-ring (bicyclic) bond motifs is 1. The molecule has 21 heavy (non-hydrogen) atoms. The minimum Gasteiger partial charge on any atom is -0.306 e. The second-order valence-corrected chi connectivity index (χ2v) is 5.92. The molecule has 3 rings (SSSR count). The second kappa shape index (κ2) is 6.37. The van der Waals surface area contributed by atoms with Gasteiger partial charge in [0.25, 0.3) is 0 Å². The fraction of sp³-hybridized carbons (Fsp3) is 0.167. The summed E-state index contributed by atoms with van der Waals surface area (Å²) in [5.74, 6) is 0. The number of nitrogens with one attached hydrogen (secondary N) is 1. The van der Waals surface area contributed by atoms with Crippen LogP contribution in [0, 0.1) is 0 Å². The van der Waals surface area contributed by atoms with E-state index >= 15 is 0 Å². The third kappa shape index (κ3) is 3.14. The van der Waals surface area contributed by atoms with E-state index in [4.69, 9.17) is 0 Å². The Kier molecular flexibility index (Phi) is 4.32. The molecule has 0 aliphatic carbocycles. The molecule has 1 atom stereocenters. The van der Waals surface area contributed by atoms with Crippen molar-refractivity contribution in [2.45, 2.75) is 13.0 Å². The van der Waals surface area contributed by atoms with Crippen LogP contribution in [0.15, 0.2) is 65.3 Å². The second-order valence-electron chi connectivity index (χ2n) is 5.01. The molecule has 106 valence electrons. The van der Waals surface area contributed by atoms with Crippen LogP contribution in [-0.2, 0) is 0 Å². The minimum absolute atomic E-state index is 0.157. The summed E-state index contributed by atoms with van der Waals surface area (Å²) in [6.45, 7) is 3.03. The van der Waals surface area contributed by atoms with E-state index in [2.05, 4.69) is 69.6 Å². The maximum absolute atomic E-state index is 4.58. The molecular weight excluding hydrogens is 324 g/mol. The zero-order valence-corrected chi connectivity index (χ0v) is 13.5. The average Bonchev–Trinajstić information content (AvgIpc) is 2.52. The van der Waals surface area contributed by atoms with E-state index in [1.165, 1.54) is 16.5 Å². The molecule has 3 heteroatoms. The first kappa shape index (κ1) is 14.2. The monoisotopic (exact) mass is 340 g/mol. The molecule has 1 aromatic heterocycles. The lowest BCUT2D eigenvalue weighted by Crippen LogP contribution is -2.22. The summed E-state index contributed by atoms with van der Waals surface area (Å²) in [7, 11) is 0. The highest BCUT2D eigenvalue weighted by Gasteiger charge is 2.14. The fourth-order valence-electron chi connectivity index (χ4n) is 2.56. The van der Waals surface area contributed by atoms with E-state index in [0.717, 1.165) is 16.5 Å². The van der Waals surface area contributed by atoms with Crippen molar-refractivity contribution in [2.75, 3.05) is 6.54 Å². The van der Waals surface area contributed by atoms with Gasteiger partial charge in [0.05, 0.1) is 11.6 Å². The van der Waals surface area contributed by atoms with Gasteiger partial charge in [0, 0.05) is 16.1 Å². The molecule has 0 amide bonds. The largest absolute Gasteiger partial charge is 0.306 e. The van der Waals surface area contributed by atoms with Crippen LogP contribution in [0.3, 0.4) is 0 Å². The molecule has 1 unspecified atom stereocenters. The van der Waals surface area contributed by atoms with Gasteiger partial charge in [-0.15, -0.1) is 0 Å². The van der Waals surface area contributed by atoms with Crippen molar-refractivity contribution in [1.29, 1.82) is 0 Å². The van der Waals surface area contributed by atoms with Gasteiger partial charge in [-0.05, 0) is 41.9 Å². The number of hydrogen-bond acceptors (Lipinski definition) is 2. The van der Waals surface area contributed by atoms with E-state index in [-0.39, 0.29) is 6.04 Å². The van der Waals surface area contributed by atoms with Crippen LogP contribution in [-0.4, -0.2) is 11.5 Å². The van der Waals surface area contributed by atoms with Crippen LogP contribution in [0.4, 0.5) is 0 Å². The molecule has 0 saturated heterocycles. The zero-order valence-electron chi connectivity index (χ0n) is 11.9. The molecule has 2 aromatic carbocycles. The lowest BCUT2D eigenvalue weighted by Gasteiger charge is -2.19. The first-order valence-electron chi connectivity index (χ1n) is 7.11. The predicted octanol–water partition coefficient (Wildman–Crippen LogP) is 4.70. The normalized spacial score (nSPS) is 12.5. The van der Waals surface area contributed by atoms with Crippen LogP contribution in [0.1, 0.15) is 24.1 Å². The van der Waals surface area contributed by atoms with Crippen LogP contribution >= 0.6 is 15.9 Å². The molecule has 1 N–H and O–H groups in total. The van der Waals surface area contributed by atoms with Crippen LogP contribution < -0.4 is 5.32 Å². The van der Waals surface area contributed by atoms with Gasteiger partial charge in [-0.1, -0.05) is 53.2 Å². The zero-order chi connectivity index (χ0) is 14.7. The number of aromatic nitrogens is 1. The Hall–Kier alpha value is -1.71. The van der Waals surface area contributed by atoms with Crippen molar-refractivity contribution in [1.82, 2.24) is 10.3 Å². The summed E-state index contributed by atoms with van der Waals surface area (Å²) in [5, 5.41) is 4.72. The van der Waals surface area contributed by atoms with E-state index in [9.17, 15) is 0 Å². The lowest BCUT2D eigenvalue weighted by atomic mass is 9.99. The summed E-state index contributed by atoms with van der Waals surface area (Å²) < 4.78 is 1.09. The third-order valence-electron chi connectivity index (χ3n) is 3.54. The number of rotatable bonds is 4. The van der Waals surface area contributed by atoms with Gasteiger partial charge in [-0.2, -0.15) is 0 Å². The van der Waals surface area contributed by atoms with Gasteiger partial charge in [0.1, 0.15) is 0 Å². The Morgan fingerprint density at radius 1 is 1.05 bits per heavy atom. The molecule has 2 nitrogen and oxygen atoms in total. The van der Waals surface area contributed by atoms with Crippen molar-refractivity contribution >= 4 is 26.8 Å². The summed E-state index contributed by atoms with van der Waals surface area (Å²) >= 11 is 3.55. The van der Waals surface area contributed by atoms with Crippen molar-refractivity contribution in [3.63, 3.8) is 0 Å². The Morgan fingerprint density at radius 3 is 2.71 bits per heavy atom. The standard InChI is InChI=1S/C18H17BrN2/c1-2-20-18(14-7-5-8-16(19)11-14)15-10-13-6-3-4-9-17(13)21-12-15/h3-12,18,20H,2H2,1H3. The molecule has 0 aliphatic heterocycles. The molecular formula is C18H17BrN2. The van der Waals surface area contributed by atoms with Gasteiger partial charge in [-0.3, -0.25) is 4.98 Å². The number of hydrogen-bond donors (Lipinski definition) is 1. The summed E-state index contributed by atoms with van der Waals surface area (Å²) in [6.07, 6.45) is 1.97. The first-order chi connectivity index (χ1) is 10.3. The van der Waals surface area contributed by atoms with Gasteiger partial charge < -0.3 is 5.32 Å². The predicted molar refractivity (Wildman–Crippen MR) is 91.4 cm³/mol. The molecule has 0 saturated carbocycles. The topological polar surface area (TPSA) is 24.9 Å². The van der Waals surface area contributed by atoms with Gasteiger partial charge in [-0.25, -0.2) is 0 Å². The highest BCUT2D eigenvalue weighted by molar-refractivity contribution is 9.10. The maximum atomic E-state index is 4.58. The van der Waals surface area contributed by atoms with Gasteiger partial charge in [0.2, 0.25) is 0 Å². The first-order valence-corrected chi connectivity index (χ1v) is 7.91. The molecule has 3 aromatic rings. The summed E-state index contributed by atoms with van der Waals surface area (Å²) in [6, 6.07) is 19.0. The van der Waals surface area contributed by atoms with Crippen molar-refractivity contribution in [2.24, 2.45) is 0 Å². The number of halogens is 1. The van der Waals surface area contributed by atoms with E-state index in [1.54, 1.807) is 0 Å². The maximum Gasteiger partial charge on any atom is 0.0702 e. The van der Waals surface area contributed by atoms with Crippen LogP contribution in [0.5, 0.6) is 0 Å². The van der Waals surface area contributed by atoms with Crippen molar-refractivity contribution in [3.05, 3.63) is 76.4 Å². The molecule has 0 fully saturated rings. The van der Waals surface area contributed by atoms with Crippen molar-refractivity contribution in [3.8, 4) is 0 Å². The molecule has 0 aliphatic rings. The van der Waals surface area contributed by atoms with E-state index in [1.807, 2.05) is 24.4 Å². The number of nitrogens with zero attached hydrogens (tertiary/aromatic N) is 1. The quantitative estimate of drug-likeness (QED) is 0.744. The average molecular weight is 341 g/mol. The minimum atomic E-state index is 0.157. The fourth-order valence-corrected chi connectivity index (χ4v) is 2.98. The number of benzene rings is 2. The Balaban J connectivity index is 2.06. The van der Waals surface area contributed by atoms with Gasteiger partial charge in [0.15, 0.2) is 0 Å². The van der Waals surface area contributed by atoms with Crippen molar-refractivity contribution < 1.29 is 0 Å². The molecule has 0 spiro atoms. The van der Waals surface area contributed by atoms with Crippen LogP contribution in [0.2, 0.25) is 0 Å².